The molecular weight excluding hydrogens is 82.0 g/mol. The van der Waals surface area contributed by atoms with Crippen molar-refractivity contribution >= 4 is 5.87 Å². The minimum Gasteiger partial charge on any atom is -0.485 e. The topological polar surface area (TPSA) is 57.3 Å². The molecule has 1 aliphatic heterocycles. The summed E-state index contributed by atoms with van der Waals surface area (Å²) in [6.45, 7) is 0. The summed E-state index contributed by atoms with van der Waals surface area (Å²) in [4.78, 5) is 0. The van der Waals surface area contributed by atoms with Crippen molar-refractivity contribution in [1.82, 2.24) is 0 Å². The van der Waals surface area contributed by atoms with Gasteiger partial charge in [0.1, 0.15) is 0 Å². The molecule has 0 saturated heterocycles. The highest BCUT2D eigenvalue weighted by molar-refractivity contribution is 5.55. The molecule has 1 heterocycles. The molecule has 0 radical (unpaired) electrons. The molecule has 4 heteroatoms. The Kier molecular flexibility index (Phi) is 0.465. The third-order valence-electron chi connectivity index (χ3n) is 0.334. The lowest BCUT2D eigenvalue weighted by Gasteiger charge is -1.65. The van der Waals surface area contributed by atoms with Crippen LogP contribution in [0.15, 0.2) is 21.3 Å². The largest absolute Gasteiger partial charge is 0.485 e. The molecule has 0 saturated carbocycles. The van der Waals surface area contributed by atoms with E-state index < -0.39 is 0 Å². The fraction of sp³-hybridized carbons (Fsp3) is 0. The van der Waals surface area contributed by atoms with E-state index in [4.69, 9.17) is 5.11 Å². The SMILES string of the molecule is OC1=C=NN=N1. The lowest BCUT2D eigenvalue weighted by atomic mass is 10.9. The van der Waals surface area contributed by atoms with Gasteiger partial charge in [-0.15, -0.1) is 0 Å². The maximum Gasteiger partial charge on any atom is 0.299 e. The van der Waals surface area contributed by atoms with E-state index in [1.54, 1.807) is 0 Å². The normalized spacial score (nSPS) is 15.7. The highest BCUT2D eigenvalue weighted by Crippen LogP contribution is 1.90. The number of aliphatic hydroxyl groups is 1. The maximum atomic E-state index is 8.18. The van der Waals surface area contributed by atoms with Gasteiger partial charge < -0.3 is 5.11 Å². The number of rotatable bonds is 0. The quantitative estimate of drug-likeness (QED) is 0.453. The van der Waals surface area contributed by atoms with Crippen LogP contribution in [0, 0.1) is 0 Å². The third kappa shape index (κ3) is 0.285. The van der Waals surface area contributed by atoms with Crippen molar-refractivity contribution in [2.45, 2.75) is 0 Å². The Hall–Kier alpha value is -1.15. The van der Waals surface area contributed by atoms with Crippen molar-refractivity contribution in [1.29, 1.82) is 0 Å². The van der Waals surface area contributed by atoms with Gasteiger partial charge in [-0.3, -0.25) is 0 Å². The van der Waals surface area contributed by atoms with Crippen LogP contribution in [0.5, 0.6) is 0 Å². The molecule has 0 aromatic carbocycles. The molecule has 1 aliphatic rings. The van der Waals surface area contributed by atoms with E-state index in [1.807, 2.05) is 0 Å². The first-order valence-corrected chi connectivity index (χ1v) is 1.32. The van der Waals surface area contributed by atoms with Gasteiger partial charge in [0, 0.05) is 0 Å². The standard InChI is InChI=1S/C2HN3O/c6-2-1-3-5-4-2/h6H. The van der Waals surface area contributed by atoms with Gasteiger partial charge in [-0.25, -0.2) is 0 Å². The summed E-state index contributed by atoms with van der Waals surface area (Å²) in [6, 6.07) is 0. The molecule has 0 unspecified atom stereocenters. The summed E-state index contributed by atoms with van der Waals surface area (Å²) in [5.41, 5.74) is 0. The molecule has 6 heavy (non-hydrogen) atoms. The molecular formula is C2HN3O. The second-order valence-corrected chi connectivity index (χ2v) is 0.725. The molecule has 0 aliphatic carbocycles. The number of aliphatic hydroxyl groups excluding tert-OH is 1. The van der Waals surface area contributed by atoms with Gasteiger partial charge >= 0.3 is 0 Å². The lowest BCUT2D eigenvalue weighted by molar-refractivity contribution is 0.411. The van der Waals surface area contributed by atoms with Crippen molar-refractivity contribution < 1.29 is 5.11 Å². The van der Waals surface area contributed by atoms with Crippen LogP contribution in [0.1, 0.15) is 0 Å². The van der Waals surface area contributed by atoms with Crippen molar-refractivity contribution in [2.75, 3.05) is 0 Å². The van der Waals surface area contributed by atoms with Crippen molar-refractivity contribution in [3.05, 3.63) is 5.88 Å². The molecule has 0 amide bonds. The van der Waals surface area contributed by atoms with Crippen LogP contribution < -0.4 is 0 Å². The van der Waals surface area contributed by atoms with E-state index in [0.717, 1.165) is 0 Å². The van der Waals surface area contributed by atoms with Gasteiger partial charge in [0.05, 0.1) is 5.87 Å². The van der Waals surface area contributed by atoms with Gasteiger partial charge in [0.2, 0.25) is 0 Å². The third-order valence-corrected chi connectivity index (χ3v) is 0.334. The second-order valence-electron chi connectivity index (χ2n) is 0.725. The van der Waals surface area contributed by atoms with Crippen molar-refractivity contribution in [2.24, 2.45) is 15.4 Å². The van der Waals surface area contributed by atoms with E-state index in [0.29, 0.717) is 0 Å². The Labute approximate surface area is 33.5 Å². The van der Waals surface area contributed by atoms with Crippen molar-refractivity contribution in [3.8, 4) is 0 Å². The fourth-order valence-corrected chi connectivity index (χ4v) is 0.154. The molecule has 0 atom stereocenters. The zero-order chi connectivity index (χ0) is 4.41. The van der Waals surface area contributed by atoms with Gasteiger partial charge in [0.25, 0.3) is 5.88 Å². The van der Waals surface area contributed by atoms with Crippen LogP contribution in [0.2, 0.25) is 0 Å². The summed E-state index contributed by atoms with van der Waals surface area (Å²) < 4.78 is 0. The first-order chi connectivity index (χ1) is 2.89. The molecule has 0 aromatic rings. The van der Waals surface area contributed by atoms with Crippen LogP contribution in [0.4, 0.5) is 0 Å². The Balaban J connectivity index is 2.98. The molecule has 1 rings (SSSR count). The molecule has 0 bridgehead atoms. The summed E-state index contributed by atoms with van der Waals surface area (Å²) in [7, 11) is 0. The first kappa shape index (κ1) is 3.06. The van der Waals surface area contributed by atoms with E-state index in [2.05, 4.69) is 21.3 Å². The number of nitrogens with zero attached hydrogens (tertiary/aromatic N) is 3. The van der Waals surface area contributed by atoms with Gasteiger partial charge in [-0.2, -0.15) is 0 Å². The summed E-state index contributed by atoms with van der Waals surface area (Å²) >= 11 is 0. The Bertz CT molecular complexity index is 141. The highest BCUT2D eigenvalue weighted by Gasteiger charge is 1.86. The molecule has 0 spiro atoms. The van der Waals surface area contributed by atoms with Gasteiger partial charge in [-0.1, -0.05) is 10.2 Å². The fourth-order valence-electron chi connectivity index (χ4n) is 0.154. The van der Waals surface area contributed by atoms with E-state index in [9.17, 15) is 0 Å². The predicted octanol–water partition coefficient (Wildman–Crippen LogP) is 0.436. The minimum absolute atomic E-state index is 0.255. The first-order valence-electron chi connectivity index (χ1n) is 1.32. The monoisotopic (exact) mass is 83.0 g/mol. The Morgan fingerprint density at radius 3 is 2.67 bits per heavy atom. The minimum atomic E-state index is -0.255. The van der Waals surface area contributed by atoms with E-state index in [-0.39, 0.29) is 5.88 Å². The molecule has 0 aromatic heterocycles. The summed E-state index contributed by atoms with van der Waals surface area (Å²) in [5.74, 6) is 1.83. The van der Waals surface area contributed by atoms with E-state index >= 15 is 0 Å². The van der Waals surface area contributed by atoms with Crippen LogP contribution in [0.3, 0.4) is 0 Å². The smallest absolute Gasteiger partial charge is 0.299 e. The second kappa shape index (κ2) is 0.914. The average Bonchev–Trinajstić information content (AvgIpc) is 1.86. The van der Waals surface area contributed by atoms with Crippen LogP contribution in [-0.4, -0.2) is 11.0 Å². The van der Waals surface area contributed by atoms with Crippen LogP contribution in [-0.2, 0) is 0 Å². The maximum absolute atomic E-state index is 8.18. The molecule has 1 N–H and O–H groups in total. The van der Waals surface area contributed by atoms with Gasteiger partial charge in [-0.05, 0) is 5.22 Å². The van der Waals surface area contributed by atoms with Crippen LogP contribution >= 0.6 is 0 Å². The van der Waals surface area contributed by atoms with Crippen LogP contribution in [0.25, 0.3) is 0 Å². The Morgan fingerprint density at radius 2 is 2.50 bits per heavy atom. The lowest BCUT2D eigenvalue weighted by Crippen LogP contribution is -1.63. The summed E-state index contributed by atoms with van der Waals surface area (Å²) in [5, 5.41) is 17.3. The molecule has 30 valence electrons. The average molecular weight is 83.0 g/mol. The van der Waals surface area contributed by atoms with Crippen molar-refractivity contribution in [3.63, 3.8) is 0 Å². The van der Waals surface area contributed by atoms with Gasteiger partial charge in [0.15, 0.2) is 0 Å². The highest BCUT2D eigenvalue weighted by atomic mass is 16.3. The zero-order valence-corrected chi connectivity index (χ0v) is 2.79. The number of hydrogen-bond acceptors (Lipinski definition) is 4. The zero-order valence-electron chi connectivity index (χ0n) is 2.79. The predicted molar refractivity (Wildman–Crippen MR) is 18.4 cm³/mol. The molecule has 4 nitrogen and oxygen atoms in total. The number of hydrogen-bond donors (Lipinski definition) is 1. The van der Waals surface area contributed by atoms with E-state index in [1.165, 1.54) is 0 Å². The summed E-state index contributed by atoms with van der Waals surface area (Å²) in [6.07, 6.45) is 0. The molecule has 0 fully saturated rings. The Morgan fingerprint density at radius 1 is 1.67 bits per heavy atom.